The lowest BCUT2D eigenvalue weighted by atomic mass is 10.1. The minimum Gasteiger partial charge on any atom is -0.484 e. The summed E-state index contributed by atoms with van der Waals surface area (Å²) < 4.78 is 6.27. The number of carbonyl (C=O) groups excluding carboxylic acids is 2. The molecule has 3 aromatic rings. The predicted molar refractivity (Wildman–Crippen MR) is 103 cm³/mol. The Morgan fingerprint density at radius 1 is 1.04 bits per heavy atom. The summed E-state index contributed by atoms with van der Waals surface area (Å²) in [6.07, 6.45) is 0. The van der Waals surface area contributed by atoms with Crippen LogP contribution in [0.15, 0.2) is 70.2 Å². The van der Waals surface area contributed by atoms with E-state index in [0.29, 0.717) is 11.3 Å². The highest BCUT2D eigenvalue weighted by Gasteiger charge is 2.28. The molecule has 26 heavy (non-hydrogen) atoms. The van der Waals surface area contributed by atoms with Crippen molar-refractivity contribution in [3.63, 3.8) is 0 Å². The lowest BCUT2D eigenvalue weighted by Gasteiger charge is -2.05. The SMILES string of the molecule is O=C(COc1cccc(Br)c1)N/N=C1\C(=O)c2cccc3cccc1c23. The van der Waals surface area contributed by atoms with Crippen molar-refractivity contribution in [3.05, 3.63) is 76.3 Å². The first-order valence-electron chi connectivity index (χ1n) is 7.95. The zero-order chi connectivity index (χ0) is 18.1. The molecule has 0 saturated carbocycles. The molecule has 0 saturated heterocycles. The highest BCUT2D eigenvalue weighted by atomic mass is 79.9. The normalized spacial score (nSPS) is 14.0. The molecule has 0 radical (unpaired) electrons. The van der Waals surface area contributed by atoms with Gasteiger partial charge in [0, 0.05) is 21.0 Å². The Labute approximate surface area is 157 Å². The van der Waals surface area contributed by atoms with E-state index < -0.39 is 5.91 Å². The van der Waals surface area contributed by atoms with Gasteiger partial charge in [-0.2, -0.15) is 5.10 Å². The first-order valence-corrected chi connectivity index (χ1v) is 8.74. The summed E-state index contributed by atoms with van der Waals surface area (Å²) >= 11 is 3.34. The maximum atomic E-state index is 12.6. The molecule has 0 atom stereocenters. The van der Waals surface area contributed by atoms with Gasteiger partial charge in [-0.3, -0.25) is 9.59 Å². The number of Topliss-reactive ketones (excluding diaryl/α,β-unsaturated/α-hetero) is 1. The summed E-state index contributed by atoms with van der Waals surface area (Å²) in [5, 5.41) is 5.90. The van der Waals surface area contributed by atoms with Crippen molar-refractivity contribution in [1.29, 1.82) is 0 Å². The van der Waals surface area contributed by atoms with E-state index in [1.54, 1.807) is 18.2 Å². The van der Waals surface area contributed by atoms with Crippen molar-refractivity contribution in [2.24, 2.45) is 5.10 Å². The van der Waals surface area contributed by atoms with Gasteiger partial charge in [-0.05, 0) is 23.6 Å². The zero-order valence-electron chi connectivity index (χ0n) is 13.5. The van der Waals surface area contributed by atoms with Gasteiger partial charge in [0.05, 0.1) is 0 Å². The van der Waals surface area contributed by atoms with E-state index >= 15 is 0 Å². The third-order valence-electron chi connectivity index (χ3n) is 4.08. The zero-order valence-corrected chi connectivity index (χ0v) is 15.1. The molecule has 0 aliphatic heterocycles. The maximum Gasteiger partial charge on any atom is 0.277 e. The van der Waals surface area contributed by atoms with Crippen LogP contribution in [-0.2, 0) is 4.79 Å². The molecule has 5 nitrogen and oxygen atoms in total. The Morgan fingerprint density at radius 2 is 1.77 bits per heavy atom. The number of benzene rings is 3. The summed E-state index contributed by atoms with van der Waals surface area (Å²) in [6.45, 7) is -0.196. The Kier molecular flexibility index (Phi) is 4.26. The van der Waals surface area contributed by atoms with Crippen molar-refractivity contribution in [2.75, 3.05) is 6.61 Å². The summed E-state index contributed by atoms with van der Waals surface area (Å²) in [6, 6.07) is 18.4. The van der Waals surface area contributed by atoms with E-state index in [4.69, 9.17) is 4.74 Å². The van der Waals surface area contributed by atoms with Crippen molar-refractivity contribution < 1.29 is 14.3 Å². The fourth-order valence-corrected chi connectivity index (χ4v) is 3.32. The third kappa shape index (κ3) is 2.99. The number of amides is 1. The topological polar surface area (TPSA) is 67.8 Å². The number of nitrogens with zero attached hydrogens (tertiary/aromatic N) is 1. The van der Waals surface area contributed by atoms with Gasteiger partial charge < -0.3 is 4.74 Å². The van der Waals surface area contributed by atoms with Gasteiger partial charge >= 0.3 is 0 Å². The van der Waals surface area contributed by atoms with Crippen LogP contribution in [0, 0.1) is 0 Å². The Bertz CT molecular complexity index is 1070. The van der Waals surface area contributed by atoms with E-state index in [2.05, 4.69) is 26.5 Å². The van der Waals surface area contributed by atoms with Gasteiger partial charge in [0.2, 0.25) is 5.78 Å². The van der Waals surface area contributed by atoms with Gasteiger partial charge in [-0.15, -0.1) is 0 Å². The molecule has 128 valence electrons. The minimum atomic E-state index is -0.437. The van der Waals surface area contributed by atoms with E-state index in [-0.39, 0.29) is 18.1 Å². The number of ether oxygens (including phenoxy) is 1. The van der Waals surface area contributed by atoms with Crippen LogP contribution < -0.4 is 10.2 Å². The maximum absolute atomic E-state index is 12.6. The number of nitrogens with one attached hydrogen (secondary N) is 1. The fraction of sp³-hybridized carbons (Fsp3) is 0.0500. The molecular weight excluding hydrogens is 396 g/mol. The van der Waals surface area contributed by atoms with E-state index in [1.165, 1.54) is 0 Å². The number of halogens is 1. The predicted octanol–water partition coefficient (Wildman–Crippen LogP) is 3.70. The number of hydrogen-bond donors (Lipinski definition) is 1. The molecule has 0 bridgehead atoms. The van der Waals surface area contributed by atoms with Crippen molar-refractivity contribution >= 4 is 44.1 Å². The molecule has 1 amide bonds. The largest absolute Gasteiger partial charge is 0.484 e. The van der Waals surface area contributed by atoms with Gasteiger partial charge in [0.1, 0.15) is 11.5 Å². The second-order valence-electron chi connectivity index (χ2n) is 5.78. The monoisotopic (exact) mass is 408 g/mol. The molecular formula is C20H13BrN2O3. The molecule has 1 aliphatic rings. The molecule has 0 fully saturated rings. The summed E-state index contributed by atoms with van der Waals surface area (Å²) in [7, 11) is 0. The lowest BCUT2D eigenvalue weighted by molar-refractivity contribution is -0.123. The molecule has 0 heterocycles. The standard InChI is InChI=1S/C20H13BrN2O3/c21-13-6-3-7-14(10-13)26-11-17(24)22-23-19-15-8-1-4-12-5-2-9-16(18(12)15)20(19)25/h1-10H,11H2,(H,22,24)/b23-19-. The Hall–Kier alpha value is -2.99. The van der Waals surface area contributed by atoms with Crippen molar-refractivity contribution in [1.82, 2.24) is 5.43 Å². The van der Waals surface area contributed by atoms with Crippen LogP contribution in [-0.4, -0.2) is 24.0 Å². The van der Waals surface area contributed by atoms with E-state index in [1.807, 2.05) is 42.5 Å². The number of carbonyl (C=O) groups is 2. The smallest absolute Gasteiger partial charge is 0.277 e. The highest BCUT2D eigenvalue weighted by molar-refractivity contribution is 9.10. The number of hydrogen-bond acceptors (Lipinski definition) is 4. The van der Waals surface area contributed by atoms with Crippen molar-refractivity contribution in [2.45, 2.75) is 0 Å². The van der Waals surface area contributed by atoms with Crippen LogP contribution in [0.5, 0.6) is 5.75 Å². The van der Waals surface area contributed by atoms with Crippen molar-refractivity contribution in [3.8, 4) is 5.75 Å². The fourth-order valence-electron chi connectivity index (χ4n) is 2.94. The molecule has 1 aliphatic carbocycles. The second kappa shape index (κ2) is 6.72. The van der Waals surface area contributed by atoms with Crippen LogP contribution in [0.2, 0.25) is 0 Å². The first kappa shape index (κ1) is 16.5. The second-order valence-corrected chi connectivity index (χ2v) is 6.70. The molecule has 3 aromatic carbocycles. The van der Waals surface area contributed by atoms with Crippen LogP contribution in [0.4, 0.5) is 0 Å². The Morgan fingerprint density at radius 3 is 2.54 bits per heavy atom. The first-order chi connectivity index (χ1) is 12.6. The number of rotatable bonds is 4. The van der Waals surface area contributed by atoms with Crippen LogP contribution in [0.3, 0.4) is 0 Å². The Balaban J connectivity index is 1.50. The summed E-state index contributed by atoms with van der Waals surface area (Å²) in [5.41, 5.74) is 3.99. The molecule has 0 aromatic heterocycles. The van der Waals surface area contributed by atoms with Gasteiger partial charge in [0.15, 0.2) is 6.61 Å². The van der Waals surface area contributed by atoms with E-state index in [9.17, 15) is 9.59 Å². The minimum absolute atomic E-state index is 0.190. The van der Waals surface area contributed by atoms with Crippen LogP contribution >= 0.6 is 15.9 Å². The van der Waals surface area contributed by atoms with Gasteiger partial charge in [-0.1, -0.05) is 58.4 Å². The average Bonchev–Trinajstić information content (AvgIpc) is 2.92. The average molecular weight is 409 g/mol. The molecule has 4 rings (SSSR count). The summed E-state index contributed by atoms with van der Waals surface area (Å²) in [5.74, 6) is -0.0605. The third-order valence-corrected chi connectivity index (χ3v) is 4.57. The van der Waals surface area contributed by atoms with Crippen LogP contribution in [0.1, 0.15) is 15.9 Å². The quantitative estimate of drug-likeness (QED) is 0.669. The van der Waals surface area contributed by atoms with E-state index in [0.717, 1.165) is 20.8 Å². The summed E-state index contributed by atoms with van der Waals surface area (Å²) in [4.78, 5) is 24.6. The number of hydrazone groups is 1. The molecule has 0 spiro atoms. The molecule has 1 N–H and O–H groups in total. The molecule has 0 unspecified atom stereocenters. The van der Waals surface area contributed by atoms with Gasteiger partial charge in [-0.25, -0.2) is 5.43 Å². The molecule has 6 heteroatoms. The lowest BCUT2D eigenvalue weighted by Crippen LogP contribution is -2.27. The number of ketones is 1. The van der Waals surface area contributed by atoms with Crippen LogP contribution in [0.25, 0.3) is 10.8 Å². The highest BCUT2D eigenvalue weighted by Crippen LogP contribution is 2.30. The van der Waals surface area contributed by atoms with Gasteiger partial charge in [0.25, 0.3) is 5.91 Å².